The molecule has 37 heavy (non-hydrogen) atoms. The van der Waals surface area contributed by atoms with Crippen LogP contribution in [0.25, 0.3) is 0 Å². The van der Waals surface area contributed by atoms with Gasteiger partial charge in [0.15, 0.2) is 23.0 Å². The minimum atomic E-state index is -0.423. The summed E-state index contributed by atoms with van der Waals surface area (Å²) in [6.07, 6.45) is 0. The summed E-state index contributed by atoms with van der Waals surface area (Å²) in [5.41, 5.74) is 0.383. The number of ether oxygens (including phenoxy) is 9. The smallest absolute Gasteiger partial charge is 0.338 e. The van der Waals surface area contributed by atoms with Gasteiger partial charge < -0.3 is 42.6 Å². The lowest BCUT2D eigenvalue weighted by Crippen LogP contribution is -2.16. The Kier molecular flexibility index (Phi) is 13.4. The molecule has 0 saturated heterocycles. The first kappa shape index (κ1) is 28.5. The van der Waals surface area contributed by atoms with E-state index in [1.54, 1.807) is 25.1 Å². The van der Waals surface area contributed by atoms with Gasteiger partial charge in [0, 0.05) is 0 Å². The molecule has 0 N–H and O–H groups in total. The molecular formula is C27H36O10. The molecule has 3 rings (SSSR count). The maximum atomic E-state index is 12.1. The highest BCUT2D eigenvalue weighted by Crippen LogP contribution is 2.29. The summed E-state index contributed by atoms with van der Waals surface area (Å²) in [7, 11) is 0. The van der Waals surface area contributed by atoms with Crippen LogP contribution in [0.15, 0.2) is 42.5 Å². The first-order valence-corrected chi connectivity index (χ1v) is 12.5. The summed E-state index contributed by atoms with van der Waals surface area (Å²) in [5, 5.41) is 0. The molecule has 2 aromatic carbocycles. The first-order valence-electron chi connectivity index (χ1n) is 12.5. The average molecular weight is 521 g/mol. The van der Waals surface area contributed by atoms with Crippen LogP contribution in [0.3, 0.4) is 0 Å². The van der Waals surface area contributed by atoms with Crippen molar-refractivity contribution in [2.75, 3.05) is 85.9 Å². The van der Waals surface area contributed by atoms with E-state index < -0.39 is 5.97 Å². The van der Waals surface area contributed by atoms with Gasteiger partial charge in [-0.25, -0.2) is 4.79 Å². The molecule has 0 fully saturated rings. The predicted molar refractivity (Wildman–Crippen MR) is 134 cm³/mol. The fourth-order valence-electron chi connectivity index (χ4n) is 3.26. The summed E-state index contributed by atoms with van der Waals surface area (Å²) in [6.45, 7) is 6.64. The van der Waals surface area contributed by atoms with Crippen molar-refractivity contribution in [2.24, 2.45) is 0 Å². The average Bonchev–Trinajstić information content (AvgIpc) is 2.91. The SMILES string of the molecule is CCOC(=O)c1ccc2c(c1)OCCOCCOCCOc1ccccc1OCCOCCOCCO2. The number of carbonyl (C=O) groups excluding carboxylic acids is 1. The van der Waals surface area contributed by atoms with Crippen molar-refractivity contribution in [3.8, 4) is 23.0 Å². The molecule has 0 radical (unpaired) electrons. The Bertz CT molecular complexity index is 920. The minimum Gasteiger partial charge on any atom is -0.487 e. The predicted octanol–water partition coefficient (Wildman–Crippen LogP) is 3.16. The monoisotopic (exact) mass is 520 g/mol. The normalized spacial score (nSPS) is 17.2. The van der Waals surface area contributed by atoms with Crippen molar-refractivity contribution in [3.63, 3.8) is 0 Å². The van der Waals surface area contributed by atoms with Crippen molar-refractivity contribution >= 4 is 5.97 Å². The highest BCUT2D eigenvalue weighted by Gasteiger charge is 2.13. The van der Waals surface area contributed by atoms with Gasteiger partial charge in [-0.15, -0.1) is 0 Å². The second-order valence-electron chi connectivity index (χ2n) is 7.67. The molecule has 10 heteroatoms. The molecule has 0 aromatic heterocycles. The van der Waals surface area contributed by atoms with E-state index in [9.17, 15) is 4.79 Å². The van der Waals surface area contributed by atoms with E-state index in [1.807, 2.05) is 24.3 Å². The van der Waals surface area contributed by atoms with E-state index >= 15 is 0 Å². The summed E-state index contributed by atoms with van der Waals surface area (Å²) in [6, 6.07) is 12.4. The van der Waals surface area contributed by atoms with Gasteiger partial charge >= 0.3 is 5.97 Å². The standard InChI is InChI=1S/C27H36O10/c1-2-33-27(28)22-7-8-25-26(21-22)37-20-16-32-12-11-30-14-18-35-24-6-4-3-5-23(24)34-17-13-29-9-10-31-15-19-36-25/h3-8,21H,2,9-20H2,1H3. The van der Waals surface area contributed by atoms with Gasteiger partial charge in [0.1, 0.15) is 26.4 Å². The Labute approximate surface area is 217 Å². The van der Waals surface area contributed by atoms with Crippen LogP contribution < -0.4 is 18.9 Å². The van der Waals surface area contributed by atoms with Crippen LogP contribution in [0.5, 0.6) is 23.0 Å². The van der Waals surface area contributed by atoms with Gasteiger partial charge in [0.25, 0.3) is 0 Å². The van der Waals surface area contributed by atoms with Gasteiger partial charge in [-0.1, -0.05) is 12.1 Å². The molecule has 204 valence electrons. The van der Waals surface area contributed by atoms with Crippen LogP contribution in [0.1, 0.15) is 17.3 Å². The second kappa shape index (κ2) is 17.4. The topological polar surface area (TPSA) is 100 Å². The van der Waals surface area contributed by atoms with Crippen LogP contribution in [-0.4, -0.2) is 91.9 Å². The van der Waals surface area contributed by atoms with Crippen LogP contribution in [-0.2, 0) is 23.7 Å². The molecule has 0 spiro atoms. The molecule has 0 bridgehead atoms. The van der Waals surface area contributed by atoms with Crippen LogP contribution >= 0.6 is 0 Å². The first-order chi connectivity index (χ1) is 18.3. The Morgan fingerprint density at radius 1 is 0.595 bits per heavy atom. The molecular weight excluding hydrogens is 484 g/mol. The quantitative estimate of drug-likeness (QED) is 0.549. The number of para-hydroxylation sites is 2. The molecule has 0 unspecified atom stereocenters. The van der Waals surface area contributed by atoms with Crippen molar-refractivity contribution < 1.29 is 47.4 Å². The third-order valence-electron chi connectivity index (χ3n) is 4.99. The maximum Gasteiger partial charge on any atom is 0.338 e. The van der Waals surface area contributed by atoms with Crippen molar-refractivity contribution in [2.45, 2.75) is 6.92 Å². The lowest BCUT2D eigenvalue weighted by molar-refractivity contribution is 0.0223. The fourth-order valence-corrected chi connectivity index (χ4v) is 3.26. The zero-order valence-corrected chi connectivity index (χ0v) is 21.3. The Balaban J connectivity index is 1.52. The summed E-state index contributed by atoms with van der Waals surface area (Å²) >= 11 is 0. The lowest BCUT2D eigenvalue weighted by Gasteiger charge is -2.15. The number of hydrogen-bond acceptors (Lipinski definition) is 10. The number of carbonyl (C=O) groups is 1. The van der Waals surface area contributed by atoms with Crippen LogP contribution in [0.4, 0.5) is 0 Å². The third-order valence-corrected chi connectivity index (χ3v) is 4.99. The molecule has 10 nitrogen and oxygen atoms in total. The zero-order chi connectivity index (χ0) is 26.0. The van der Waals surface area contributed by atoms with Gasteiger partial charge in [0.05, 0.1) is 65.0 Å². The summed E-state index contributed by atoms with van der Waals surface area (Å²) in [4.78, 5) is 12.1. The molecule has 1 aliphatic heterocycles. The van der Waals surface area contributed by atoms with Crippen molar-refractivity contribution in [1.29, 1.82) is 0 Å². The van der Waals surface area contributed by atoms with Gasteiger partial charge in [-0.3, -0.25) is 0 Å². The van der Waals surface area contributed by atoms with E-state index in [0.717, 1.165) is 0 Å². The Hall–Kier alpha value is -3.05. The number of fused-ring (bicyclic) bond motifs is 2. The van der Waals surface area contributed by atoms with E-state index in [-0.39, 0.29) is 13.2 Å². The van der Waals surface area contributed by atoms with Gasteiger partial charge in [0.2, 0.25) is 0 Å². The number of rotatable bonds is 2. The number of esters is 1. The highest BCUT2D eigenvalue weighted by atomic mass is 16.6. The second-order valence-corrected chi connectivity index (χ2v) is 7.67. The number of hydrogen-bond donors (Lipinski definition) is 0. The van der Waals surface area contributed by atoms with E-state index in [2.05, 4.69) is 0 Å². The largest absolute Gasteiger partial charge is 0.487 e. The summed E-state index contributed by atoms with van der Waals surface area (Å²) < 4.78 is 50.6. The molecule has 1 heterocycles. The molecule has 0 amide bonds. The fraction of sp³-hybridized carbons (Fsp3) is 0.519. The maximum absolute atomic E-state index is 12.1. The minimum absolute atomic E-state index is 0.274. The third kappa shape index (κ3) is 10.8. The van der Waals surface area contributed by atoms with E-state index in [1.165, 1.54) is 0 Å². The Morgan fingerprint density at radius 2 is 1.00 bits per heavy atom. The molecule has 0 aliphatic carbocycles. The van der Waals surface area contributed by atoms with Crippen molar-refractivity contribution in [1.82, 2.24) is 0 Å². The van der Waals surface area contributed by atoms with Crippen LogP contribution in [0.2, 0.25) is 0 Å². The molecule has 1 aliphatic rings. The number of benzene rings is 2. The van der Waals surface area contributed by atoms with E-state index in [0.29, 0.717) is 101 Å². The summed E-state index contributed by atoms with van der Waals surface area (Å²) in [5.74, 6) is 1.83. The van der Waals surface area contributed by atoms with E-state index in [4.69, 9.17) is 42.6 Å². The highest BCUT2D eigenvalue weighted by molar-refractivity contribution is 5.90. The van der Waals surface area contributed by atoms with Gasteiger partial charge in [-0.2, -0.15) is 0 Å². The zero-order valence-electron chi connectivity index (χ0n) is 21.3. The lowest BCUT2D eigenvalue weighted by atomic mass is 10.2. The molecule has 2 aromatic rings. The van der Waals surface area contributed by atoms with Crippen LogP contribution in [0, 0.1) is 0 Å². The Morgan fingerprint density at radius 3 is 1.46 bits per heavy atom. The van der Waals surface area contributed by atoms with Crippen molar-refractivity contribution in [3.05, 3.63) is 48.0 Å². The molecule has 0 saturated carbocycles. The molecule has 0 atom stereocenters. The van der Waals surface area contributed by atoms with Gasteiger partial charge in [-0.05, 0) is 37.3 Å².